The predicted octanol–water partition coefficient (Wildman–Crippen LogP) is 4.91. The molecule has 136 valence electrons. The van der Waals surface area contributed by atoms with Crippen molar-refractivity contribution in [2.45, 2.75) is 19.4 Å². The van der Waals surface area contributed by atoms with Gasteiger partial charge in [0.15, 0.2) is 0 Å². The average Bonchev–Trinajstić information content (AvgIpc) is 3.06. The number of benzene rings is 1. The second-order valence-electron chi connectivity index (χ2n) is 6.37. The fourth-order valence-electron chi connectivity index (χ4n) is 2.95. The van der Waals surface area contributed by atoms with Gasteiger partial charge in [-0.3, -0.25) is 0 Å². The maximum absolute atomic E-state index is 13.0. The molecular weight excluding hydrogens is 365 g/mol. The first kappa shape index (κ1) is 17.4. The minimum atomic E-state index is -0.250. The maximum atomic E-state index is 13.0. The standard InChI is InChI=1S/C20H17ClFN5/c1-12(14-2-4-17(22)5-3-14)27-20-25-8-13(9-26-20)6-15-10-23-19-18(15)7-16(21)11-24-19/h2-5,7-12H,6H2,1H3,(H,23,24)(H,25,26,27)/t12-/m0/s1. The summed E-state index contributed by atoms with van der Waals surface area (Å²) in [7, 11) is 0. The molecule has 0 saturated carbocycles. The Morgan fingerprint density at radius 1 is 1.11 bits per heavy atom. The molecule has 7 heteroatoms. The number of H-pyrrole nitrogens is 1. The Morgan fingerprint density at radius 3 is 2.59 bits per heavy atom. The molecule has 3 heterocycles. The Kier molecular flexibility index (Phi) is 4.73. The number of rotatable bonds is 5. The van der Waals surface area contributed by atoms with Crippen LogP contribution >= 0.6 is 11.6 Å². The molecule has 4 aromatic rings. The third-order valence-corrected chi connectivity index (χ3v) is 4.61. The van der Waals surface area contributed by atoms with E-state index in [0.717, 1.165) is 27.7 Å². The number of pyridine rings is 1. The summed E-state index contributed by atoms with van der Waals surface area (Å²) in [5.41, 5.74) is 3.84. The lowest BCUT2D eigenvalue weighted by atomic mass is 10.1. The highest BCUT2D eigenvalue weighted by molar-refractivity contribution is 6.31. The van der Waals surface area contributed by atoms with Crippen molar-refractivity contribution in [3.63, 3.8) is 0 Å². The Bertz CT molecular complexity index is 1060. The van der Waals surface area contributed by atoms with E-state index in [1.807, 2.05) is 19.2 Å². The second-order valence-corrected chi connectivity index (χ2v) is 6.81. The molecule has 0 saturated heterocycles. The monoisotopic (exact) mass is 381 g/mol. The predicted molar refractivity (Wildman–Crippen MR) is 104 cm³/mol. The van der Waals surface area contributed by atoms with Crippen LogP contribution in [-0.4, -0.2) is 19.9 Å². The number of aromatic nitrogens is 4. The third kappa shape index (κ3) is 3.90. The largest absolute Gasteiger partial charge is 0.348 e. The molecule has 1 aromatic carbocycles. The minimum Gasteiger partial charge on any atom is -0.348 e. The van der Waals surface area contributed by atoms with Crippen LogP contribution in [0.5, 0.6) is 0 Å². The van der Waals surface area contributed by atoms with E-state index >= 15 is 0 Å². The van der Waals surface area contributed by atoms with E-state index in [2.05, 4.69) is 25.3 Å². The molecule has 27 heavy (non-hydrogen) atoms. The number of fused-ring (bicyclic) bond motifs is 1. The van der Waals surface area contributed by atoms with Gasteiger partial charge in [0.2, 0.25) is 5.95 Å². The van der Waals surface area contributed by atoms with Crippen LogP contribution in [-0.2, 0) is 6.42 Å². The molecule has 0 aliphatic carbocycles. The first-order chi connectivity index (χ1) is 13.1. The van der Waals surface area contributed by atoms with Crippen LogP contribution in [0, 0.1) is 5.82 Å². The Morgan fingerprint density at radius 2 is 1.85 bits per heavy atom. The molecule has 0 aliphatic rings. The summed E-state index contributed by atoms with van der Waals surface area (Å²) in [4.78, 5) is 16.2. The first-order valence-corrected chi connectivity index (χ1v) is 8.91. The van der Waals surface area contributed by atoms with E-state index in [0.29, 0.717) is 17.4 Å². The van der Waals surface area contributed by atoms with Crippen molar-refractivity contribution in [2.24, 2.45) is 0 Å². The lowest BCUT2D eigenvalue weighted by molar-refractivity contribution is 0.626. The van der Waals surface area contributed by atoms with Crippen molar-refractivity contribution in [3.05, 3.63) is 82.6 Å². The molecule has 5 nitrogen and oxygen atoms in total. The average molecular weight is 382 g/mol. The van der Waals surface area contributed by atoms with Crippen molar-refractivity contribution in [1.82, 2.24) is 19.9 Å². The Labute approximate surface area is 160 Å². The van der Waals surface area contributed by atoms with Gasteiger partial charge in [0, 0.05) is 36.6 Å². The van der Waals surface area contributed by atoms with Crippen LogP contribution in [0.3, 0.4) is 0 Å². The van der Waals surface area contributed by atoms with Gasteiger partial charge in [-0.25, -0.2) is 19.3 Å². The maximum Gasteiger partial charge on any atom is 0.223 e. The van der Waals surface area contributed by atoms with Crippen LogP contribution < -0.4 is 5.32 Å². The Hall–Kier alpha value is -2.99. The number of halogens is 2. The molecule has 0 aliphatic heterocycles. The van der Waals surface area contributed by atoms with Crippen LogP contribution in [0.15, 0.2) is 55.1 Å². The zero-order valence-electron chi connectivity index (χ0n) is 14.6. The van der Waals surface area contributed by atoms with E-state index in [-0.39, 0.29) is 11.9 Å². The van der Waals surface area contributed by atoms with Gasteiger partial charge in [-0.1, -0.05) is 23.7 Å². The lowest BCUT2D eigenvalue weighted by Crippen LogP contribution is -2.09. The van der Waals surface area contributed by atoms with Crippen molar-refractivity contribution in [1.29, 1.82) is 0 Å². The molecule has 0 radical (unpaired) electrons. The molecule has 3 aromatic heterocycles. The van der Waals surface area contributed by atoms with E-state index in [1.165, 1.54) is 12.1 Å². The number of anilines is 1. The number of nitrogens with zero attached hydrogens (tertiary/aromatic N) is 3. The number of hydrogen-bond donors (Lipinski definition) is 2. The summed E-state index contributed by atoms with van der Waals surface area (Å²) in [6.07, 6.45) is 7.82. The van der Waals surface area contributed by atoms with Gasteiger partial charge >= 0.3 is 0 Å². The second kappa shape index (κ2) is 7.32. The van der Waals surface area contributed by atoms with Gasteiger partial charge in [-0.15, -0.1) is 0 Å². The Balaban J connectivity index is 1.47. The number of aromatic amines is 1. The van der Waals surface area contributed by atoms with Gasteiger partial charge in [-0.2, -0.15) is 0 Å². The molecule has 0 amide bonds. The summed E-state index contributed by atoms with van der Waals surface area (Å²) in [5.74, 6) is 0.277. The zero-order chi connectivity index (χ0) is 18.8. The molecule has 0 bridgehead atoms. The molecule has 1 atom stereocenters. The molecule has 0 spiro atoms. The quantitative estimate of drug-likeness (QED) is 0.515. The topological polar surface area (TPSA) is 66.5 Å². The van der Waals surface area contributed by atoms with E-state index in [1.54, 1.807) is 30.7 Å². The highest BCUT2D eigenvalue weighted by Gasteiger charge is 2.09. The molecule has 4 rings (SSSR count). The fourth-order valence-corrected chi connectivity index (χ4v) is 3.11. The molecule has 0 unspecified atom stereocenters. The van der Waals surface area contributed by atoms with Crippen molar-refractivity contribution in [2.75, 3.05) is 5.32 Å². The molecular formula is C20H17ClFN5. The zero-order valence-corrected chi connectivity index (χ0v) is 15.3. The third-order valence-electron chi connectivity index (χ3n) is 4.40. The SMILES string of the molecule is C[C@H](Nc1ncc(Cc2c[nH]c3ncc(Cl)cc23)cn1)c1ccc(F)cc1. The summed E-state index contributed by atoms with van der Waals surface area (Å²) in [5, 5.41) is 4.82. The van der Waals surface area contributed by atoms with Gasteiger partial charge in [0.1, 0.15) is 11.5 Å². The smallest absolute Gasteiger partial charge is 0.223 e. The van der Waals surface area contributed by atoms with Crippen LogP contribution in [0.25, 0.3) is 11.0 Å². The van der Waals surface area contributed by atoms with Crippen molar-refractivity contribution < 1.29 is 4.39 Å². The number of nitrogens with one attached hydrogen (secondary N) is 2. The van der Waals surface area contributed by atoms with Gasteiger partial charge < -0.3 is 10.3 Å². The molecule has 2 N–H and O–H groups in total. The van der Waals surface area contributed by atoms with Crippen LogP contribution in [0.1, 0.15) is 29.7 Å². The normalized spacial score (nSPS) is 12.3. The van der Waals surface area contributed by atoms with Gasteiger partial charge in [-0.05, 0) is 41.8 Å². The fraction of sp³-hybridized carbons (Fsp3) is 0.150. The number of hydrogen-bond acceptors (Lipinski definition) is 4. The highest BCUT2D eigenvalue weighted by Crippen LogP contribution is 2.23. The summed E-state index contributed by atoms with van der Waals surface area (Å²) >= 11 is 6.05. The van der Waals surface area contributed by atoms with E-state index < -0.39 is 0 Å². The van der Waals surface area contributed by atoms with Crippen LogP contribution in [0.4, 0.5) is 10.3 Å². The highest BCUT2D eigenvalue weighted by atomic mass is 35.5. The van der Waals surface area contributed by atoms with Crippen molar-refractivity contribution in [3.8, 4) is 0 Å². The van der Waals surface area contributed by atoms with E-state index in [4.69, 9.17) is 11.6 Å². The lowest BCUT2D eigenvalue weighted by Gasteiger charge is -2.14. The molecule has 0 fully saturated rings. The van der Waals surface area contributed by atoms with E-state index in [9.17, 15) is 4.39 Å². The first-order valence-electron chi connectivity index (χ1n) is 8.53. The van der Waals surface area contributed by atoms with Crippen LogP contribution in [0.2, 0.25) is 5.02 Å². The van der Waals surface area contributed by atoms with Gasteiger partial charge in [0.25, 0.3) is 0 Å². The summed E-state index contributed by atoms with van der Waals surface area (Å²) < 4.78 is 13.0. The summed E-state index contributed by atoms with van der Waals surface area (Å²) in [6, 6.07) is 8.25. The summed E-state index contributed by atoms with van der Waals surface area (Å²) in [6.45, 7) is 1.98. The minimum absolute atomic E-state index is 0.0294. The van der Waals surface area contributed by atoms with Gasteiger partial charge in [0.05, 0.1) is 11.1 Å². The van der Waals surface area contributed by atoms with Crippen molar-refractivity contribution >= 4 is 28.6 Å².